The van der Waals surface area contributed by atoms with E-state index in [1.54, 1.807) is 0 Å². The van der Waals surface area contributed by atoms with Crippen molar-refractivity contribution in [1.82, 2.24) is 9.97 Å². The molecule has 0 amide bonds. The van der Waals surface area contributed by atoms with Gasteiger partial charge in [-0.3, -0.25) is 4.79 Å². The van der Waals surface area contributed by atoms with E-state index in [0.717, 1.165) is 12.4 Å². The number of rotatable bonds is 4. The van der Waals surface area contributed by atoms with Gasteiger partial charge in [-0.15, -0.1) is 0 Å². The minimum absolute atomic E-state index is 0.00151. The van der Waals surface area contributed by atoms with Crippen LogP contribution in [0.3, 0.4) is 0 Å². The lowest BCUT2D eigenvalue weighted by molar-refractivity contribution is -0.147. The van der Waals surface area contributed by atoms with Crippen LogP contribution in [0.2, 0.25) is 0 Å². The van der Waals surface area contributed by atoms with Crippen LogP contribution in [0, 0.1) is 11.7 Å². The second-order valence-electron chi connectivity index (χ2n) is 3.70. The molecule has 1 heterocycles. The third-order valence-corrected chi connectivity index (χ3v) is 2.01. The van der Waals surface area contributed by atoms with Crippen LogP contribution in [0.5, 0.6) is 0 Å². The lowest BCUT2D eigenvalue weighted by atomic mass is 10.1. The fraction of sp³-hybridized carbons (Fsp3) is 0.500. The quantitative estimate of drug-likeness (QED) is 0.764. The van der Waals surface area contributed by atoms with E-state index in [-0.39, 0.29) is 18.3 Å². The number of hydrogen-bond donors (Lipinski definition) is 1. The zero-order chi connectivity index (χ0) is 12.1. The molecule has 0 unspecified atom stereocenters. The van der Waals surface area contributed by atoms with Gasteiger partial charge in [-0.2, -0.15) is 0 Å². The Morgan fingerprint density at radius 2 is 2.06 bits per heavy atom. The topological polar surface area (TPSA) is 78.1 Å². The summed E-state index contributed by atoms with van der Waals surface area (Å²) >= 11 is 0. The highest BCUT2D eigenvalue weighted by atomic mass is 19.1. The van der Waals surface area contributed by atoms with Crippen LogP contribution in [0.1, 0.15) is 19.7 Å². The summed E-state index contributed by atoms with van der Waals surface area (Å²) in [6.07, 6.45) is 2.02. The average Bonchev–Trinajstić information content (AvgIpc) is 2.26. The second kappa shape index (κ2) is 5.50. The van der Waals surface area contributed by atoms with E-state index >= 15 is 0 Å². The van der Waals surface area contributed by atoms with Crippen molar-refractivity contribution in [1.29, 1.82) is 0 Å². The molecule has 0 bridgehead atoms. The average molecular weight is 227 g/mol. The van der Waals surface area contributed by atoms with Gasteiger partial charge in [-0.05, 0) is 5.92 Å². The smallest absolute Gasteiger partial charge is 0.323 e. The summed E-state index contributed by atoms with van der Waals surface area (Å²) in [5.74, 6) is -0.802. The van der Waals surface area contributed by atoms with Gasteiger partial charge >= 0.3 is 5.97 Å². The maximum absolute atomic E-state index is 12.5. The number of carbonyl (C=O) groups excluding carboxylic acids is 1. The zero-order valence-corrected chi connectivity index (χ0v) is 9.18. The normalized spacial score (nSPS) is 12.6. The molecule has 6 heteroatoms. The Bertz CT molecular complexity index is 354. The Balaban J connectivity index is 2.46. The molecular formula is C10H14FN3O2. The van der Waals surface area contributed by atoms with Gasteiger partial charge in [0.25, 0.3) is 0 Å². The first-order valence-electron chi connectivity index (χ1n) is 4.89. The molecule has 0 spiro atoms. The minimum Gasteiger partial charge on any atom is -0.456 e. The lowest BCUT2D eigenvalue weighted by Crippen LogP contribution is -2.36. The maximum Gasteiger partial charge on any atom is 0.323 e. The molecule has 0 radical (unpaired) electrons. The molecule has 2 N–H and O–H groups in total. The number of ether oxygens (including phenoxy) is 1. The van der Waals surface area contributed by atoms with Crippen LogP contribution in [-0.4, -0.2) is 22.0 Å². The van der Waals surface area contributed by atoms with Gasteiger partial charge in [0.2, 0.25) is 0 Å². The van der Waals surface area contributed by atoms with Crippen LogP contribution in [0.4, 0.5) is 4.39 Å². The minimum atomic E-state index is -0.666. The molecule has 1 aromatic heterocycles. The predicted octanol–water partition coefficient (Wildman–Crippen LogP) is 0.642. The maximum atomic E-state index is 12.5. The van der Waals surface area contributed by atoms with Gasteiger partial charge in [0, 0.05) is 0 Å². The molecule has 0 aliphatic carbocycles. The molecule has 0 aromatic carbocycles. The number of carbonyl (C=O) groups is 1. The first-order chi connectivity index (χ1) is 7.50. The summed E-state index contributed by atoms with van der Waals surface area (Å²) in [5, 5.41) is 0. The van der Waals surface area contributed by atoms with E-state index in [9.17, 15) is 9.18 Å². The van der Waals surface area contributed by atoms with Crippen LogP contribution in [-0.2, 0) is 16.1 Å². The van der Waals surface area contributed by atoms with E-state index < -0.39 is 17.8 Å². The molecule has 0 aliphatic rings. The Hall–Kier alpha value is -1.56. The number of hydrogen-bond acceptors (Lipinski definition) is 5. The highest BCUT2D eigenvalue weighted by Gasteiger charge is 2.18. The van der Waals surface area contributed by atoms with Gasteiger partial charge in [-0.25, -0.2) is 14.4 Å². The Morgan fingerprint density at radius 1 is 1.50 bits per heavy atom. The summed E-state index contributed by atoms with van der Waals surface area (Å²) in [6.45, 7) is 3.54. The Morgan fingerprint density at radius 3 is 2.56 bits per heavy atom. The standard InChI is InChI=1S/C10H14FN3O2/c1-6(2)9(12)10(15)16-5-8-13-3-7(11)4-14-8/h3-4,6,9H,5,12H2,1-2H3/t9-/m0/s1. The molecule has 1 rings (SSSR count). The Kier molecular flexibility index (Phi) is 4.30. The van der Waals surface area contributed by atoms with Crippen molar-refractivity contribution >= 4 is 5.97 Å². The summed E-state index contributed by atoms with van der Waals surface area (Å²) in [7, 11) is 0. The molecule has 1 atom stereocenters. The van der Waals surface area contributed by atoms with Crippen molar-refractivity contribution in [2.75, 3.05) is 0 Å². The fourth-order valence-electron chi connectivity index (χ4n) is 0.918. The van der Waals surface area contributed by atoms with Gasteiger partial charge < -0.3 is 10.5 Å². The van der Waals surface area contributed by atoms with E-state index in [4.69, 9.17) is 10.5 Å². The van der Waals surface area contributed by atoms with Crippen LogP contribution in [0.15, 0.2) is 12.4 Å². The first-order valence-corrected chi connectivity index (χ1v) is 4.89. The van der Waals surface area contributed by atoms with Crippen LogP contribution < -0.4 is 5.73 Å². The van der Waals surface area contributed by atoms with Crippen molar-refractivity contribution in [2.45, 2.75) is 26.5 Å². The van der Waals surface area contributed by atoms with Gasteiger partial charge in [0.15, 0.2) is 18.2 Å². The monoisotopic (exact) mass is 227 g/mol. The van der Waals surface area contributed by atoms with Crippen molar-refractivity contribution in [3.8, 4) is 0 Å². The van der Waals surface area contributed by atoms with E-state index in [0.29, 0.717) is 0 Å². The number of esters is 1. The number of nitrogens with two attached hydrogens (primary N) is 1. The van der Waals surface area contributed by atoms with Gasteiger partial charge in [0.05, 0.1) is 12.4 Å². The second-order valence-corrected chi connectivity index (χ2v) is 3.70. The van der Waals surface area contributed by atoms with Crippen LogP contribution in [0.25, 0.3) is 0 Å². The molecule has 16 heavy (non-hydrogen) atoms. The molecule has 1 aromatic rings. The van der Waals surface area contributed by atoms with Crippen molar-refractivity contribution in [3.05, 3.63) is 24.0 Å². The van der Waals surface area contributed by atoms with E-state index in [2.05, 4.69) is 9.97 Å². The van der Waals surface area contributed by atoms with Crippen LogP contribution >= 0.6 is 0 Å². The summed E-state index contributed by atoms with van der Waals surface area (Å²) in [5.41, 5.74) is 5.57. The molecule has 0 aliphatic heterocycles. The number of nitrogens with zero attached hydrogens (tertiary/aromatic N) is 2. The third kappa shape index (κ3) is 3.54. The SMILES string of the molecule is CC(C)[C@H](N)C(=O)OCc1ncc(F)cn1. The molecule has 5 nitrogen and oxygen atoms in total. The van der Waals surface area contributed by atoms with Crippen molar-refractivity contribution in [3.63, 3.8) is 0 Å². The summed E-state index contributed by atoms with van der Waals surface area (Å²) < 4.78 is 17.3. The van der Waals surface area contributed by atoms with Crippen molar-refractivity contribution < 1.29 is 13.9 Å². The number of halogens is 1. The third-order valence-electron chi connectivity index (χ3n) is 2.01. The summed E-state index contributed by atoms with van der Waals surface area (Å²) in [6, 6.07) is -0.666. The predicted molar refractivity (Wildman–Crippen MR) is 54.6 cm³/mol. The van der Waals surface area contributed by atoms with Gasteiger partial charge in [-0.1, -0.05) is 13.8 Å². The molecule has 0 saturated heterocycles. The van der Waals surface area contributed by atoms with Crippen molar-refractivity contribution in [2.24, 2.45) is 11.7 Å². The highest BCUT2D eigenvalue weighted by molar-refractivity contribution is 5.75. The summed E-state index contributed by atoms with van der Waals surface area (Å²) in [4.78, 5) is 18.6. The molecule has 0 fully saturated rings. The number of aromatic nitrogens is 2. The lowest BCUT2D eigenvalue weighted by Gasteiger charge is -2.13. The molecule has 88 valence electrons. The van der Waals surface area contributed by atoms with E-state index in [1.807, 2.05) is 13.8 Å². The first kappa shape index (κ1) is 12.5. The molecular weight excluding hydrogens is 213 g/mol. The zero-order valence-electron chi connectivity index (χ0n) is 9.18. The van der Waals surface area contributed by atoms with E-state index in [1.165, 1.54) is 0 Å². The molecule has 0 saturated carbocycles. The van der Waals surface area contributed by atoms with Gasteiger partial charge in [0.1, 0.15) is 6.04 Å². The fourth-order valence-corrected chi connectivity index (χ4v) is 0.918. The Labute approximate surface area is 92.8 Å². The highest BCUT2D eigenvalue weighted by Crippen LogP contribution is 2.02. The largest absolute Gasteiger partial charge is 0.456 e.